The molecule has 0 radical (unpaired) electrons. The summed E-state index contributed by atoms with van der Waals surface area (Å²) >= 11 is 0. The van der Waals surface area contributed by atoms with E-state index in [2.05, 4.69) is 15.5 Å². The first-order valence-corrected chi connectivity index (χ1v) is 4.27. The van der Waals surface area contributed by atoms with Gasteiger partial charge in [-0.1, -0.05) is 0 Å². The van der Waals surface area contributed by atoms with Gasteiger partial charge in [-0.15, -0.1) is 5.10 Å². The summed E-state index contributed by atoms with van der Waals surface area (Å²) in [6.07, 6.45) is 1.49. The van der Waals surface area contributed by atoms with Crippen LogP contribution in [0.5, 0.6) is 5.75 Å². The molecule has 15 heavy (non-hydrogen) atoms. The fraction of sp³-hybridized carbons (Fsp3) is 0.111. The zero-order valence-electron chi connectivity index (χ0n) is 7.99. The molecule has 0 saturated carbocycles. The molecule has 0 unspecified atom stereocenters. The summed E-state index contributed by atoms with van der Waals surface area (Å²) in [6, 6.07) is 6.88. The number of aromatic nitrogens is 4. The topological polar surface area (TPSA) is 69.9 Å². The number of carbonyl (C=O) groups excluding carboxylic acids is 1. The number of nitrogens with zero attached hydrogens (tertiary/aromatic N) is 4. The summed E-state index contributed by atoms with van der Waals surface area (Å²) in [4.78, 5) is 10.7. The van der Waals surface area contributed by atoms with E-state index in [1.54, 1.807) is 24.3 Å². The van der Waals surface area contributed by atoms with Crippen molar-refractivity contribution in [2.24, 2.45) is 0 Å². The lowest BCUT2D eigenvalue weighted by Crippen LogP contribution is -2.01. The minimum Gasteiger partial charge on any atom is -0.427 e. The maximum Gasteiger partial charge on any atom is 0.308 e. The van der Waals surface area contributed by atoms with Crippen LogP contribution >= 0.6 is 0 Å². The van der Waals surface area contributed by atoms with E-state index in [1.165, 1.54) is 17.9 Å². The molecule has 1 heterocycles. The Morgan fingerprint density at radius 1 is 1.33 bits per heavy atom. The molecule has 2 aromatic rings. The van der Waals surface area contributed by atoms with Crippen molar-refractivity contribution >= 4 is 5.97 Å². The third-order valence-corrected chi connectivity index (χ3v) is 1.71. The van der Waals surface area contributed by atoms with Gasteiger partial charge < -0.3 is 4.74 Å². The number of ether oxygens (including phenoxy) is 1. The van der Waals surface area contributed by atoms with E-state index in [-0.39, 0.29) is 5.97 Å². The Balaban J connectivity index is 2.21. The average Bonchev–Trinajstić information content (AvgIpc) is 2.71. The van der Waals surface area contributed by atoms with Gasteiger partial charge in [-0.25, -0.2) is 4.68 Å². The van der Waals surface area contributed by atoms with Crippen LogP contribution in [-0.2, 0) is 4.79 Å². The number of hydrogen-bond acceptors (Lipinski definition) is 5. The summed E-state index contributed by atoms with van der Waals surface area (Å²) in [7, 11) is 0. The second kappa shape index (κ2) is 3.87. The zero-order chi connectivity index (χ0) is 10.7. The lowest BCUT2D eigenvalue weighted by molar-refractivity contribution is -0.131. The number of tetrazole rings is 1. The molecular weight excluding hydrogens is 196 g/mol. The molecule has 0 N–H and O–H groups in total. The van der Waals surface area contributed by atoms with E-state index in [0.717, 1.165) is 5.69 Å². The van der Waals surface area contributed by atoms with Crippen LogP contribution in [-0.4, -0.2) is 26.2 Å². The van der Waals surface area contributed by atoms with Gasteiger partial charge >= 0.3 is 5.97 Å². The maximum atomic E-state index is 10.7. The van der Waals surface area contributed by atoms with Crippen LogP contribution in [0.4, 0.5) is 0 Å². The van der Waals surface area contributed by atoms with Crippen LogP contribution in [0.2, 0.25) is 0 Å². The second-order valence-corrected chi connectivity index (χ2v) is 2.84. The van der Waals surface area contributed by atoms with Crippen molar-refractivity contribution in [2.75, 3.05) is 0 Å². The summed E-state index contributed by atoms with van der Waals surface area (Å²) < 4.78 is 6.40. The molecule has 0 spiro atoms. The molecule has 6 heteroatoms. The predicted molar refractivity (Wildman–Crippen MR) is 50.5 cm³/mol. The first-order valence-electron chi connectivity index (χ1n) is 4.27. The Kier molecular flexibility index (Phi) is 2.40. The predicted octanol–water partition coefficient (Wildman–Crippen LogP) is 0.588. The number of rotatable bonds is 2. The molecule has 0 bridgehead atoms. The molecule has 0 aliphatic carbocycles. The van der Waals surface area contributed by atoms with Crippen molar-refractivity contribution in [1.82, 2.24) is 20.2 Å². The Hall–Kier alpha value is -2.24. The highest BCUT2D eigenvalue weighted by molar-refractivity contribution is 5.69. The van der Waals surface area contributed by atoms with Gasteiger partial charge in [0.05, 0.1) is 5.69 Å². The lowest BCUT2D eigenvalue weighted by Gasteiger charge is -2.02. The van der Waals surface area contributed by atoms with E-state index >= 15 is 0 Å². The highest BCUT2D eigenvalue weighted by Crippen LogP contribution is 2.14. The fourth-order valence-electron chi connectivity index (χ4n) is 1.11. The van der Waals surface area contributed by atoms with Gasteiger partial charge in [0.15, 0.2) is 0 Å². The summed E-state index contributed by atoms with van der Waals surface area (Å²) in [5.41, 5.74) is 0.802. The molecule has 0 amide bonds. The van der Waals surface area contributed by atoms with Crippen LogP contribution in [0.1, 0.15) is 6.92 Å². The Morgan fingerprint density at radius 3 is 2.60 bits per heavy atom. The van der Waals surface area contributed by atoms with Gasteiger partial charge in [0.25, 0.3) is 0 Å². The highest BCUT2D eigenvalue weighted by atomic mass is 16.5. The van der Waals surface area contributed by atoms with Crippen LogP contribution in [0.25, 0.3) is 5.69 Å². The largest absolute Gasteiger partial charge is 0.427 e. The summed E-state index contributed by atoms with van der Waals surface area (Å²) in [5.74, 6) is 0.157. The number of hydrogen-bond donors (Lipinski definition) is 0. The van der Waals surface area contributed by atoms with Crippen LogP contribution in [0.15, 0.2) is 30.6 Å². The zero-order valence-corrected chi connectivity index (χ0v) is 7.99. The van der Waals surface area contributed by atoms with E-state index in [4.69, 9.17) is 4.74 Å². The normalized spacial score (nSPS) is 9.93. The van der Waals surface area contributed by atoms with Crippen LogP contribution in [0.3, 0.4) is 0 Å². The molecule has 0 aliphatic rings. The maximum absolute atomic E-state index is 10.7. The Labute approximate surface area is 85.5 Å². The van der Waals surface area contributed by atoms with E-state index in [0.29, 0.717) is 5.75 Å². The number of carbonyl (C=O) groups is 1. The summed E-state index contributed by atoms with van der Waals surface area (Å²) in [5, 5.41) is 10.8. The molecule has 1 aromatic carbocycles. The first-order chi connectivity index (χ1) is 7.25. The van der Waals surface area contributed by atoms with Gasteiger partial charge in [-0.3, -0.25) is 4.79 Å². The third-order valence-electron chi connectivity index (χ3n) is 1.71. The highest BCUT2D eigenvalue weighted by Gasteiger charge is 2.00. The molecule has 1 aromatic heterocycles. The van der Waals surface area contributed by atoms with Crippen molar-refractivity contribution < 1.29 is 9.53 Å². The second-order valence-electron chi connectivity index (χ2n) is 2.84. The number of esters is 1. The molecule has 0 atom stereocenters. The average molecular weight is 204 g/mol. The fourth-order valence-corrected chi connectivity index (χ4v) is 1.11. The Bertz CT molecular complexity index is 449. The molecule has 2 rings (SSSR count). The molecule has 0 fully saturated rings. The first kappa shape index (κ1) is 9.32. The van der Waals surface area contributed by atoms with Gasteiger partial charge in [0, 0.05) is 6.92 Å². The third kappa shape index (κ3) is 2.16. The standard InChI is InChI=1S/C9H8N4O2/c1-7(14)15-9-4-2-8(3-5-9)13-6-10-11-12-13/h2-6H,1H3. The Morgan fingerprint density at radius 2 is 2.07 bits per heavy atom. The van der Waals surface area contributed by atoms with Crippen molar-refractivity contribution in [1.29, 1.82) is 0 Å². The van der Waals surface area contributed by atoms with Crippen molar-refractivity contribution in [3.63, 3.8) is 0 Å². The van der Waals surface area contributed by atoms with Gasteiger partial charge in [-0.2, -0.15) is 0 Å². The monoisotopic (exact) mass is 204 g/mol. The quantitative estimate of drug-likeness (QED) is 0.528. The minimum absolute atomic E-state index is 0.342. The minimum atomic E-state index is -0.342. The van der Waals surface area contributed by atoms with Crippen molar-refractivity contribution in [3.8, 4) is 11.4 Å². The molecule has 76 valence electrons. The van der Waals surface area contributed by atoms with Gasteiger partial charge in [0.1, 0.15) is 12.1 Å². The van der Waals surface area contributed by atoms with E-state index in [9.17, 15) is 4.79 Å². The smallest absolute Gasteiger partial charge is 0.308 e. The number of benzene rings is 1. The van der Waals surface area contributed by atoms with Crippen molar-refractivity contribution in [3.05, 3.63) is 30.6 Å². The van der Waals surface area contributed by atoms with Gasteiger partial charge in [-0.05, 0) is 34.7 Å². The lowest BCUT2D eigenvalue weighted by atomic mass is 10.3. The van der Waals surface area contributed by atoms with E-state index in [1.807, 2.05) is 0 Å². The SMILES string of the molecule is CC(=O)Oc1ccc(-n2cnnn2)cc1. The summed E-state index contributed by atoms with van der Waals surface area (Å²) in [6.45, 7) is 1.36. The molecular formula is C9H8N4O2. The van der Waals surface area contributed by atoms with Crippen molar-refractivity contribution in [2.45, 2.75) is 6.92 Å². The molecule has 0 saturated heterocycles. The van der Waals surface area contributed by atoms with Gasteiger partial charge in [0.2, 0.25) is 0 Å². The molecule has 6 nitrogen and oxygen atoms in total. The molecule has 0 aliphatic heterocycles. The van der Waals surface area contributed by atoms with Crippen LogP contribution in [0, 0.1) is 0 Å². The van der Waals surface area contributed by atoms with E-state index < -0.39 is 0 Å². The van der Waals surface area contributed by atoms with Crippen LogP contribution < -0.4 is 4.74 Å².